The van der Waals surface area contributed by atoms with E-state index in [2.05, 4.69) is 4.90 Å². The summed E-state index contributed by atoms with van der Waals surface area (Å²) in [6, 6.07) is 7.23. The number of nitrogens with two attached hydrogens (primary N) is 1. The maximum absolute atomic E-state index is 12.2. The van der Waals surface area contributed by atoms with Gasteiger partial charge in [0.2, 0.25) is 10.0 Å². The lowest BCUT2D eigenvalue weighted by Crippen LogP contribution is -2.37. The van der Waals surface area contributed by atoms with Crippen molar-refractivity contribution < 1.29 is 8.42 Å². The van der Waals surface area contributed by atoms with E-state index in [1.807, 2.05) is 12.1 Å². The van der Waals surface area contributed by atoms with Gasteiger partial charge in [-0.05, 0) is 49.5 Å². The van der Waals surface area contributed by atoms with Crippen LogP contribution in [0.5, 0.6) is 0 Å². The second kappa shape index (κ2) is 8.26. The SMILES string of the molecule is CN(C)S(=O)(=O)c1cccc(CN2CCCC(CN)C2)c1.Cl. The molecule has 0 radical (unpaired) electrons. The van der Waals surface area contributed by atoms with E-state index in [1.165, 1.54) is 10.7 Å². The lowest BCUT2D eigenvalue weighted by Gasteiger charge is -2.32. The van der Waals surface area contributed by atoms with E-state index in [9.17, 15) is 8.42 Å². The third-order valence-corrected chi connectivity index (χ3v) is 5.83. The smallest absolute Gasteiger partial charge is 0.242 e. The van der Waals surface area contributed by atoms with Gasteiger partial charge in [-0.3, -0.25) is 4.90 Å². The summed E-state index contributed by atoms with van der Waals surface area (Å²) in [7, 11) is -0.253. The summed E-state index contributed by atoms with van der Waals surface area (Å²) in [6.45, 7) is 3.57. The Morgan fingerprint density at radius 1 is 1.36 bits per heavy atom. The van der Waals surface area contributed by atoms with Gasteiger partial charge in [0, 0.05) is 27.2 Å². The molecule has 0 bridgehead atoms. The third kappa shape index (κ3) is 4.67. The van der Waals surface area contributed by atoms with Crippen LogP contribution in [0.1, 0.15) is 18.4 Å². The Morgan fingerprint density at radius 3 is 2.73 bits per heavy atom. The molecule has 0 spiro atoms. The van der Waals surface area contributed by atoms with Gasteiger partial charge in [-0.2, -0.15) is 0 Å². The Hall–Kier alpha value is -0.660. The lowest BCUT2D eigenvalue weighted by atomic mass is 9.98. The number of hydrogen-bond acceptors (Lipinski definition) is 4. The van der Waals surface area contributed by atoms with Crippen molar-refractivity contribution in [1.29, 1.82) is 0 Å². The van der Waals surface area contributed by atoms with Crippen molar-refractivity contribution in [3.05, 3.63) is 29.8 Å². The zero-order valence-corrected chi connectivity index (χ0v) is 14.9. The van der Waals surface area contributed by atoms with Crippen molar-refractivity contribution in [3.8, 4) is 0 Å². The highest BCUT2D eigenvalue weighted by atomic mass is 35.5. The Bertz CT molecular complexity index is 578. The van der Waals surface area contributed by atoms with Crippen LogP contribution in [0.15, 0.2) is 29.2 Å². The number of benzene rings is 1. The minimum absolute atomic E-state index is 0. The van der Waals surface area contributed by atoms with Crippen LogP contribution in [-0.4, -0.2) is 51.4 Å². The van der Waals surface area contributed by atoms with Gasteiger partial charge in [0.15, 0.2) is 0 Å². The summed E-state index contributed by atoms with van der Waals surface area (Å²) in [5.41, 5.74) is 6.80. The first-order valence-corrected chi connectivity index (χ1v) is 8.81. The molecule has 0 saturated carbocycles. The molecule has 1 aromatic carbocycles. The molecule has 0 aliphatic carbocycles. The molecule has 1 saturated heterocycles. The molecule has 1 aliphatic rings. The van der Waals surface area contributed by atoms with E-state index in [0.29, 0.717) is 10.8 Å². The standard InChI is InChI=1S/C15H25N3O2S.ClH/c1-17(2)21(19,20)15-7-3-5-13(9-15)11-18-8-4-6-14(10-16)12-18;/h3,5,7,9,14H,4,6,8,10-12,16H2,1-2H3;1H. The largest absolute Gasteiger partial charge is 0.330 e. The van der Waals surface area contributed by atoms with E-state index in [0.717, 1.165) is 38.2 Å². The zero-order valence-electron chi connectivity index (χ0n) is 13.2. The van der Waals surface area contributed by atoms with Crippen LogP contribution in [0, 0.1) is 5.92 Å². The summed E-state index contributed by atoms with van der Waals surface area (Å²) >= 11 is 0. The highest BCUT2D eigenvalue weighted by Gasteiger charge is 2.20. The number of piperidine rings is 1. The first-order valence-electron chi connectivity index (χ1n) is 7.37. The van der Waals surface area contributed by atoms with Gasteiger partial charge in [0.1, 0.15) is 0 Å². The van der Waals surface area contributed by atoms with E-state index in [1.54, 1.807) is 26.2 Å². The van der Waals surface area contributed by atoms with Crippen molar-refractivity contribution in [1.82, 2.24) is 9.21 Å². The summed E-state index contributed by atoms with van der Waals surface area (Å²) in [5.74, 6) is 0.562. The van der Waals surface area contributed by atoms with Crippen LogP contribution in [0.3, 0.4) is 0 Å². The van der Waals surface area contributed by atoms with Crippen LogP contribution in [0.2, 0.25) is 0 Å². The fourth-order valence-corrected chi connectivity index (χ4v) is 3.73. The molecular weight excluding hydrogens is 322 g/mol. The molecule has 0 amide bonds. The first kappa shape index (κ1) is 19.4. The number of hydrogen-bond donors (Lipinski definition) is 1. The third-order valence-electron chi connectivity index (χ3n) is 4.02. The minimum Gasteiger partial charge on any atom is -0.330 e. The van der Waals surface area contributed by atoms with Crippen LogP contribution >= 0.6 is 12.4 Å². The van der Waals surface area contributed by atoms with Gasteiger partial charge in [-0.1, -0.05) is 12.1 Å². The molecule has 1 aromatic rings. The summed E-state index contributed by atoms with van der Waals surface area (Å²) < 4.78 is 25.6. The molecule has 1 unspecified atom stereocenters. The molecule has 1 aliphatic heterocycles. The summed E-state index contributed by atoms with van der Waals surface area (Å²) in [5, 5.41) is 0. The zero-order chi connectivity index (χ0) is 15.5. The normalized spacial score (nSPS) is 19.9. The van der Waals surface area contributed by atoms with Crippen LogP contribution in [0.25, 0.3) is 0 Å². The molecule has 1 heterocycles. The maximum atomic E-state index is 12.2. The highest BCUT2D eigenvalue weighted by Crippen LogP contribution is 2.20. The molecule has 1 atom stereocenters. The average molecular weight is 348 g/mol. The van der Waals surface area contributed by atoms with E-state index >= 15 is 0 Å². The van der Waals surface area contributed by atoms with Crippen molar-refractivity contribution in [2.45, 2.75) is 24.3 Å². The maximum Gasteiger partial charge on any atom is 0.242 e. The number of sulfonamides is 1. The Morgan fingerprint density at radius 2 is 2.09 bits per heavy atom. The molecular formula is C15H26ClN3O2S. The Labute approximate surface area is 139 Å². The van der Waals surface area contributed by atoms with Gasteiger partial charge >= 0.3 is 0 Å². The predicted octanol–water partition coefficient (Wildman–Crippen LogP) is 1.53. The summed E-state index contributed by atoms with van der Waals surface area (Å²) in [4.78, 5) is 2.72. The molecule has 2 rings (SSSR count). The van der Waals surface area contributed by atoms with Crippen LogP contribution < -0.4 is 5.73 Å². The van der Waals surface area contributed by atoms with Crippen molar-refractivity contribution in [2.75, 3.05) is 33.7 Å². The number of likely N-dealkylation sites (tertiary alicyclic amines) is 1. The van der Waals surface area contributed by atoms with Gasteiger partial charge in [-0.25, -0.2) is 12.7 Å². The van der Waals surface area contributed by atoms with Crippen LogP contribution in [-0.2, 0) is 16.6 Å². The fourth-order valence-electron chi connectivity index (χ4n) is 2.76. The van der Waals surface area contributed by atoms with Gasteiger partial charge in [0.25, 0.3) is 0 Å². The van der Waals surface area contributed by atoms with Crippen molar-refractivity contribution in [3.63, 3.8) is 0 Å². The van der Waals surface area contributed by atoms with Gasteiger partial charge < -0.3 is 5.73 Å². The molecule has 1 fully saturated rings. The van der Waals surface area contributed by atoms with Crippen LogP contribution in [0.4, 0.5) is 0 Å². The van der Waals surface area contributed by atoms with Gasteiger partial charge in [-0.15, -0.1) is 12.4 Å². The second-order valence-corrected chi connectivity index (χ2v) is 8.07. The topological polar surface area (TPSA) is 66.6 Å². The average Bonchev–Trinajstić information content (AvgIpc) is 2.47. The molecule has 126 valence electrons. The molecule has 22 heavy (non-hydrogen) atoms. The number of nitrogens with zero attached hydrogens (tertiary/aromatic N) is 2. The van der Waals surface area contributed by atoms with Gasteiger partial charge in [0.05, 0.1) is 4.90 Å². The quantitative estimate of drug-likeness (QED) is 0.877. The monoisotopic (exact) mass is 347 g/mol. The highest BCUT2D eigenvalue weighted by molar-refractivity contribution is 7.89. The Balaban J connectivity index is 0.00000242. The molecule has 7 heteroatoms. The molecule has 0 aromatic heterocycles. The van der Waals surface area contributed by atoms with E-state index in [4.69, 9.17) is 5.73 Å². The first-order chi connectivity index (χ1) is 9.93. The molecule has 5 nitrogen and oxygen atoms in total. The number of halogens is 1. The summed E-state index contributed by atoms with van der Waals surface area (Å²) in [6.07, 6.45) is 2.36. The Kier molecular flexibility index (Phi) is 7.28. The second-order valence-electron chi connectivity index (χ2n) is 5.91. The molecule has 2 N–H and O–H groups in total. The fraction of sp³-hybridized carbons (Fsp3) is 0.600. The van der Waals surface area contributed by atoms with E-state index in [-0.39, 0.29) is 12.4 Å². The van der Waals surface area contributed by atoms with E-state index < -0.39 is 10.0 Å². The minimum atomic E-state index is -3.36. The van der Waals surface area contributed by atoms with Crippen molar-refractivity contribution in [2.24, 2.45) is 11.7 Å². The predicted molar refractivity (Wildman–Crippen MR) is 91.6 cm³/mol. The lowest BCUT2D eigenvalue weighted by molar-refractivity contribution is 0.171. The van der Waals surface area contributed by atoms with Crippen molar-refractivity contribution >= 4 is 22.4 Å². The number of rotatable bonds is 5.